The van der Waals surface area contributed by atoms with Crippen LogP contribution in [0.15, 0.2) is 24.8 Å². The van der Waals surface area contributed by atoms with Gasteiger partial charge < -0.3 is 19.4 Å². The van der Waals surface area contributed by atoms with Crippen molar-refractivity contribution in [3.63, 3.8) is 0 Å². The molecule has 4 aliphatic rings. The van der Waals surface area contributed by atoms with Crippen LogP contribution in [0, 0.1) is 0 Å². The molecular weight excluding hydrogens is 318 g/mol. The summed E-state index contributed by atoms with van der Waals surface area (Å²) in [7, 11) is 2.19. The summed E-state index contributed by atoms with van der Waals surface area (Å²) in [5.74, 6) is 0.547. The third-order valence-corrected chi connectivity index (χ3v) is 7.45. The Morgan fingerprint density at radius 1 is 1.44 bits per heavy atom. The van der Waals surface area contributed by atoms with Crippen molar-refractivity contribution in [3.8, 4) is 11.5 Å². The van der Waals surface area contributed by atoms with E-state index in [1.54, 1.807) is 6.07 Å². The second-order valence-electron chi connectivity index (χ2n) is 8.45. The predicted octanol–water partition coefficient (Wildman–Crippen LogP) is 1.45. The lowest BCUT2D eigenvalue weighted by Crippen LogP contribution is -2.80. The van der Waals surface area contributed by atoms with Gasteiger partial charge in [0.05, 0.1) is 25.6 Å². The van der Waals surface area contributed by atoms with Crippen molar-refractivity contribution in [3.05, 3.63) is 35.9 Å². The quantitative estimate of drug-likeness (QED) is 0.631. The van der Waals surface area contributed by atoms with E-state index in [4.69, 9.17) is 4.74 Å². The van der Waals surface area contributed by atoms with Gasteiger partial charge in [0.2, 0.25) is 0 Å². The first-order valence-electron chi connectivity index (χ1n) is 9.09. The first-order valence-corrected chi connectivity index (χ1v) is 9.09. The van der Waals surface area contributed by atoms with Gasteiger partial charge in [-0.25, -0.2) is 0 Å². The van der Waals surface area contributed by atoms with Crippen LogP contribution in [0.1, 0.15) is 30.4 Å². The Bertz CT molecular complexity index is 820. The fraction of sp³-hybridized carbons (Fsp3) is 0.550. The molecule has 0 aromatic heterocycles. The number of ketones is 1. The fourth-order valence-corrected chi connectivity index (χ4v) is 6.34. The minimum absolute atomic E-state index is 0.00134. The standard InChI is InChI=1S/C20H23NO4/c1-3-9-21(2)10-8-19-16-12-4-5-13(22)17(16)25-18(19)14(23)6-7-20(19,24)15(21)11-12/h3-5,15,18,24H,1,6-11H2,2H3/p+1/t15-,18?,19+,20+,21+/m1/s1. The molecular formula is C20H24NO4+. The average molecular weight is 342 g/mol. The van der Waals surface area contributed by atoms with E-state index in [1.807, 2.05) is 12.1 Å². The number of likely N-dealkylation sites (tertiary alicyclic amines) is 1. The molecule has 5 nitrogen and oxygen atoms in total. The fourth-order valence-electron chi connectivity index (χ4n) is 6.34. The van der Waals surface area contributed by atoms with Crippen LogP contribution in [-0.4, -0.2) is 58.4 Å². The molecule has 5 heteroatoms. The zero-order chi connectivity index (χ0) is 17.6. The smallest absolute Gasteiger partial charge is 0.174 e. The number of nitrogens with zero attached hydrogens (tertiary/aromatic N) is 1. The zero-order valence-corrected chi connectivity index (χ0v) is 14.5. The topological polar surface area (TPSA) is 66.8 Å². The Labute approximate surface area is 147 Å². The Kier molecular flexibility index (Phi) is 2.75. The van der Waals surface area contributed by atoms with Gasteiger partial charge in [-0.2, -0.15) is 0 Å². The highest BCUT2D eigenvalue weighted by molar-refractivity contribution is 5.90. The number of piperidine rings is 1. The van der Waals surface area contributed by atoms with E-state index in [-0.39, 0.29) is 17.6 Å². The Hall–Kier alpha value is -1.85. The molecule has 5 atom stereocenters. The SMILES string of the molecule is C=CC[N@@+]1(C)CC[C@]23c4c5ccc(O)c4OC2C(=O)CC[C@]3(O)[C@H]1C5. The van der Waals surface area contributed by atoms with Gasteiger partial charge in [0.25, 0.3) is 0 Å². The minimum atomic E-state index is -0.992. The Morgan fingerprint density at radius 3 is 3.00 bits per heavy atom. The van der Waals surface area contributed by atoms with E-state index in [1.165, 1.54) is 0 Å². The molecule has 2 heterocycles. The highest BCUT2D eigenvalue weighted by Crippen LogP contribution is 2.65. The van der Waals surface area contributed by atoms with Gasteiger partial charge in [0.1, 0.15) is 11.6 Å². The summed E-state index contributed by atoms with van der Waals surface area (Å²) in [5.41, 5.74) is 0.295. The van der Waals surface area contributed by atoms with Crippen molar-refractivity contribution in [1.29, 1.82) is 0 Å². The van der Waals surface area contributed by atoms with Crippen LogP contribution < -0.4 is 4.74 Å². The molecule has 1 aromatic rings. The molecule has 0 amide bonds. The normalized spacial score (nSPS) is 43.4. The summed E-state index contributed by atoms with van der Waals surface area (Å²) in [6, 6.07) is 3.60. The van der Waals surface area contributed by atoms with Gasteiger partial charge in [-0.3, -0.25) is 4.79 Å². The molecule has 0 radical (unpaired) electrons. The van der Waals surface area contributed by atoms with E-state index in [0.717, 1.165) is 35.1 Å². The average Bonchev–Trinajstić information content (AvgIpc) is 2.93. The largest absolute Gasteiger partial charge is 0.504 e. The lowest BCUT2D eigenvalue weighted by molar-refractivity contribution is -0.944. The molecule has 2 aliphatic heterocycles. The lowest BCUT2D eigenvalue weighted by Gasteiger charge is -2.64. The molecule has 2 aliphatic carbocycles. The van der Waals surface area contributed by atoms with Crippen molar-refractivity contribution in [2.75, 3.05) is 20.1 Å². The van der Waals surface area contributed by atoms with E-state index in [0.29, 0.717) is 25.0 Å². The molecule has 5 rings (SSSR count). The highest BCUT2D eigenvalue weighted by Gasteiger charge is 2.76. The maximum atomic E-state index is 12.7. The summed E-state index contributed by atoms with van der Waals surface area (Å²) >= 11 is 0. The Balaban J connectivity index is 1.82. The maximum Gasteiger partial charge on any atom is 0.174 e. The molecule has 2 bridgehead atoms. The second-order valence-corrected chi connectivity index (χ2v) is 8.45. The monoisotopic (exact) mass is 342 g/mol. The van der Waals surface area contributed by atoms with Crippen molar-refractivity contribution in [2.45, 2.75) is 48.8 Å². The van der Waals surface area contributed by atoms with E-state index < -0.39 is 17.1 Å². The van der Waals surface area contributed by atoms with Crippen molar-refractivity contribution in [1.82, 2.24) is 0 Å². The van der Waals surface area contributed by atoms with Crippen LogP contribution in [-0.2, 0) is 16.6 Å². The van der Waals surface area contributed by atoms with Crippen LogP contribution in [0.4, 0.5) is 0 Å². The molecule has 2 N–H and O–H groups in total. The van der Waals surface area contributed by atoms with E-state index in [2.05, 4.69) is 13.6 Å². The molecule has 1 saturated heterocycles. The zero-order valence-electron chi connectivity index (χ0n) is 14.5. The summed E-state index contributed by atoms with van der Waals surface area (Å²) in [4.78, 5) is 12.7. The van der Waals surface area contributed by atoms with E-state index in [9.17, 15) is 15.0 Å². The number of ether oxygens (including phenoxy) is 1. The number of Topliss-reactive ketones (excluding diaryl/α,β-unsaturated/α-hetero) is 1. The first kappa shape index (κ1) is 15.4. The summed E-state index contributed by atoms with van der Waals surface area (Å²) in [6.45, 7) is 5.57. The number of aliphatic hydroxyl groups is 1. The minimum Gasteiger partial charge on any atom is -0.504 e. The van der Waals surface area contributed by atoms with Gasteiger partial charge in [0, 0.05) is 24.8 Å². The summed E-state index contributed by atoms with van der Waals surface area (Å²) in [6.07, 6.45) is 3.47. The second kappa shape index (κ2) is 4.46. The molecule has 1 aromatic carbocycles. The third-order valence-electron chi connectivity index (χ3n) is 7.45. The number of hydrogen-bond acceptors (Lipinski definition) is 4. The predicted molar refractivity (Wildman–Crippen MR) is 91.6 cm³/mol. The van der Waals surface area contributed by atoms with Gasteiger partial charge >= 0.3 is 0 Å². The summed E-state index contributed by atoms with van der Waals surface area (Å²) in [5, 5.41) is 22.3. The maximum absolute atomic E-state index is 12.7. The van der Waals surface area contributed by atoms with Gasteiger partial charge in [-0.05, 0) is 24.1 Å². The van der Waals surface area contributed by atoms with Crippen LogP contribution in [0.5, 0.6) is 11.5 Å². The molecule has 1 unspecified atom stereocenters. The molecule has 25 heavy (non-hydrogen) atoms. The van der Waals surface area contributed by atoms with Gasteiger partial charge in [0.15, 0.2) is 23.4 Å². The lowest BCUT2D eigenvalue weighted by atomic mass is 9.48. The number of quaternary nitrogens is 1. The number of likely N-dealkylation sites (N-methyl/N-ethyl adjacent to an activating group) is 1. The number of carbonyl (C=O) groups is 1. The highest BCUT2D eigenvalue weighted by atomic mass is 16.5. The number of phenols is 1. The number of carbonyl (C=O) groups excluding carboxylic acids is 1. The van der Waals surface area contributed by atoms with Crippen molar-refractivity contribution >= 4 is 5.78 Å². The first-order chi connectivity index (χ1) is 11.9. The number of hydrogen-bond donors (Lipinski definition) is 2. The molecule has 2 fully saturated rings. The van der Waals surface area contributed by atoms with Crippen LogP contribution in [0.3, 0.4) is 0 Å². The summed E-state index contributed by atoms with van der Waals surface area (Å²) < 4.78 is 6.76. The van der Waals surface area contributed by atoms with Crippen molar-refractivity contribution in [2.24, 2.45) is 0 Å². The van der Waals surface area contributed by atoms with Crippen LogP contribution in [0.25, 0.3) is 0 Å². The van der Waals surface area contributed by atoms with E-state index >= 15 is 0 Å². The van der Waals surface area contributed by atoms with Gasteiger partial charge in [-0.15, -0.1) is 0 Å². The third kappa shape index (κ3) is 1.51. The molecule has 1 saturated carbocycles. The number of benzene rings is 1. The Morgan fingerprint density at radius 2 is 2.24 bits per heavy atom. The van der Waals surface area contributed by atoms with Gasteiger partial charge in [-0.1, -0.05) is 12.6 Å². The number of rotatable bonds is 2. The molecule has 132 valence electrons. The van der Waals surface area contributed by atoms with Crippen molar-refractivity contribution < 1.29 is 24.2 Å². The van der Waals surface area contributed by atoms with Crippen LogP contribution in [0.2, 0.25) is 0 Å². The van der Waals surface area contributed by atoms with Crippen LogP contribution >= 0.6 is 0 Å². The molecule has 1 spiro atoms. The number of aromatic hydroxyl groups is 1. The number of phenolic OH excluding ortho intramolecular Hbond substituents is 1.